The summed E-state index contributed by atoms with van der Waals surface area (Å²) < 4.78 is 9.67. The molecule has 1 saturated heterocycles. The van der Waals surface area contributed by atoms with Crippen LogP contribution in [0.2, 0.25) is 0 Å². The number of ketones is 1. The lowest BCUT2D eigenvalue weighted by Gasteiger charge is -2.35. The van der Waals surface area contributed by atoms with Gasteiger partial charge in [0.25, 0.3) is 5.91 Å². The first-order chi connectivity index (χ1) is 14.0. The van der Waals surface area contributed by atoms with E-state index >= 15 is 0 Å². The normalized spacial score (nSPS) is 17.3. The van der Waals surface area contributed by atoms with Crippen molar-refractivity contribution in [1.82, 2.24) is 10.6 Å². The van der Waals surface area contributed by atoms with Gasteiger partial charge in [0, 0.05) is 37.1 Å². The molecule has 1 heterocycles. The topological polar surface area (TPSA) is 165 Å². The molecule has 3 N–H and O–H groups in total. The largest absolute Gasteiger partial charge is 0.509 e. The highest BCUT2D eigenvalue weighted by atomic mass is 32.2. The maximum Gasteiger partial charge on any atom is 0.509 e. The fourth-order valence-corrected chi connectivity index (χ4v) is 3.10. The quantitative estimate of drug-likeness (QED) is 0.215. The van der Waals surface area contributed by atoms with Crippen LogP contribution >= 0.6 is 11.8 Å². The Morgan fingerprint density at radius 2 is 1.80 bits per heavy atom. The van der Waals surface area contributed by atoms with Gasteiger partial charge in [-0.05, 0) is 0 Å². The predicted molar refractivity (Wildman–Crippen MR) is 105 cm³/mol. The van der Waals surface area contributed by atoms with Crippen molar-refractivity contribution in [3.05, 3.63) is 0 Å². The Morgan fingerprint density at radius 3 is 2.47 bits per heavy atom. The number of hydrogen-bond donors (Lipinski definition) is 3. The molecule has 0 aliphatic carbocycles. The fraction of sp³-hybridized carbons (Fsp3) is 0.667. The van der Waals surface area contributed by atoms with E-state index in [-0.39, 0.29) is 62.2 Å². The lowest BCUT2D eigenvalue weighted by atomic mass is 9.86. The maximum absolute atomic E-state index is 12.2. The van der Waals surface area contributed by atoms with E-state index in [1.807, 2.05) is 0 Å². The molecule has 1 aliphatic heterocycles. The van der Waals surface area contributed by atoms with Gasteiger partial charge in [0.05, 0.1) is 12.8 Å². The van der Waals surface area contributed by atoms with Crippen LogP contribution in [0.3, 0.4) is 0 Å². The second-order valence-electron chi connectivity index (χ2n) is 7.25. The van der Waals surface area contributed by atoms with Crippen LogP contribution in [-0.4, -0.2) is 71.5 Å². The summed E-state index contributed by atoms with van der Waals surface area (Å²) in [7, 11) is 0. The predicted octanol–water partition coefficient (Wildman–Crippen LogP) is 0.254. The van der Waals surface area contributed by atoms with E-state index in [2.05, 4.69) is 10.6 Å². The average molecular weight is 446 g/mol. The highest BCUT2D eigenvalue weighted by Crippen LogP contribution is 2.28. The standard InChI is InChI=1S/C18H26N2O9S/c1-18(2)10-28-17(27)29-15(18)16(26)20-6-5-12(22)19-7-8-30-14(25)9-11(21)3-4-13(23)24/h15H,3-10H2,1-2H3,(H,19,22)(H,20,26)(H,23,24)/t15-/m0/s1. The van der Waals surface area contributed by atoms with Crippen LogP contribution < -0.4 is 10.6 Å². The summed E-state index contributed by atoms with van der Waals surface area (Å²) in [4.78, 5) is 68.5. The average Bonchev–Trinajstić information content (AvgIpc) is 2.65. The van der Waals surface area contributed by atoms with Gasteiger partial charge in [-0.15, -0.1) is 0 Å². The Morgan fingerprint density at radius 1 is 1.10 bits per heavy atom. The van der Waals surface area contributed by atoms with Gasteiger partial charge in [0.1, 0.15) is 12.4 Å². The lowest BCUT2D eigenvalue weighted by Crippen LogP contribution is -2.52. The lowest BCUT2D eigenvalue weighted by molar-refractivity contribution is -0.149. The van der Waals surface area contributed by atoms with Gasteiger partial charge in [-0.3, -0.25) is 24.0 Å². The van der Waals surface area contributed by atoms with Gasteiger partial charge < -0.3 is 25.2 Å². The molecule has 0 aromatic carbocycles. The van der Waals surface area contributed by atoms with Crippen LogP contribution in [0, 0.1) is 5.41 Å². The number of nitrogens with one attached hydrogen (secondary N) is 2. The van der Waals surface area contributed by atoms with Crippen molar-refractivity contribution in [3.63, 3.8) is 0 Å². The number of rotatable bonds is 12. The summed E-state index contributed by atoms with van der Waals surface area (Å²) in [6.07, 6.45) is -2.77. The van der Waals surface area contributed by atoms with Crippen LogP contribution in [-0.2, 0) is 33.4 Å². The van der Waals surface area contributed by atoms with Crippen LogP contribution in [0.25, 0.3) is 0 Å². The minimum atomic E-state index is -1.10. The number of carboxylic acids is 1. The molecule has 0 aromatic heterocycles. The summed E-state index contributed by atoms with van der Waals surface area (Å²) in [6, 6.07) is 0. The van der Waals surface area contributed by atoms with Gasteiger partial charge in [-0.1, -0.05) is 25.6 Å². The van der Waals surface area contributed by atoms with Crippen LogP contribution in [0.1, 0.15) is 39.5 Å². The molecule has 1 rings (SSSR count). The molecule has 0 bridgehead atoms. The number of carbonyl (C=O) groups is 6. The molecule has 0 unspecified atom stereocenters. The Bertz CT molecular complexity index is 693. The number of carboxylic acid groups (broad SMARTS) is 1. The van der Waals surface area contributed by atoms with Crippen LogP contribution in [0.4, 0.5) is 4.79 Å². The number of carbonyl (C=O) groups excluding carboxylic acids is 5. The van der Waals surface area contributed by atoms with E-state index in [9.17, 15) is 28.8 Å². The highest BCUT2D eigenvalue weighted by molar-refractivity contribution is 8.13. The molecule has 11 nitrogen and oxygen atoms in total. The Balaban J connectivity index is 2.16. The molecule has 0 radical (unpaired) electrons. The number of ether oxygens (including phenoxy) is 2. The third-order valence-corrected chi connectivity index (χ3v) is 4.90. The number of hydrogen-bond acceptors (Lipinski definition) is 9. The molecule has 2 amide bonds. The van der Waals surface area contributed by atoms with Crippen molar-refractivity contribution in [2.75, 3.05) is 25.4 Å². The van der Waals surface area contributed by atoms with Gasteiger partial charge in [-0.25, -0.2) is 4.79 Å². The third kappa shape index (κ3) is 9.72. The van der Waals surface area contributed by atoms with E-state index in [1.165, 1.54) is 0 Å². The molecular formula is C18H26N2O9S. The summed E-state index contributed by atoms with van der Waals surface area (Å²) >= 11 is 0.877. The third-order valence-electron chi connectivity index (χ3n) is 4.02. The Labute approximate surface area is 177 Å². The minimum absolute atomic E-state index is 0.00434. The zero-order chi connectivity index (χ0) is 22.7. The summed E-state index contributed by atoms with van der Waals surface area (Å²) in [5.74, 6) is -2.13. The number of amides is 2. The van der Waals surface area contributed by atoms with Crippen molar-refractivity contribution >= 4 is 46.6 Å². The molecule has 0 spiro atoms. The van der Waals surface area contributed by atoms with Gasteiger partial charge in [0.15, 0.2) is 11.2 Å². The first-order valence-corrected chi connectivity index (χ1v) is 10.3. The van der Waals surface area contributed by atoms with Crippen molar-refractivity contribution in [1.29, 1.82) is 0 Å². The molecule has 0 saturated carbocycles. The van der Waals surface area contributed by atoms with Gasteiger partial charge in [-0.2, -0.15) is 0 Å². The fourth-order valence-electron chi connectivity index (χ4n) is 2.40. The molecule has 30 heavy (non-hydrogen) atoms. The molecule has 168 valence electrons. The first kappa shape index (κ1) is 25.4. The summed E-state index contributed by atoms with van der Waals surface area (Å²) in [5.41, 5.74) is -0.695. The molecular weight excluding hydrogens is 420 g/mol. The van der Waals surface area contributed by atoms with Crippen molar-refractivity contribution < 1.29 is 43.3 Å². The number of cyclic esters (lactones) is 2. The molecule has 1 aliphatic rings. The monoisotopic (exact) mass is 446 g/mol. The van der Waals surface area contributed by atoms with E-state index in [1.54, 1.807) is 13.8 Å². The van der Waals surface area contributed by atoms with Gasteiger partial charge in [0.2, 0.25) is 5.91 Å². The van der Waals surface area contributed by atoms with Crippen LogP contribution in [0.5, 0.6) is 0 Å². The second kappa shape index (κ2) is 12.2. The molecule has 12 heteroatoms. The van der Waals surface area contributed by atoms with Crippen LogP contribution in [0.15, 0.2) is 0 Å². The smallest absolute Gasteiger partial charge is 0.481 e. The molecule has 1 atom stereocenters. The van der Waals surface area contributed by atoms with Crippen molar-refractivity contribution in [3.8, 4) is 0 Å². The van der Waals surface area contributed by atoms with E-state index in [4.69, 9.17) is 14.6 Å². The van der Waals surface area contributed by atoms with Crippen molar-refractivity contribution in [2.24, 2.45) is 5.41 Å². The zero-order valence-electron chi connectivity index (χ0n) is 16.9. The zero-order valence-corrected chi connectivity index (χ0v) is 17.7. The first-order valence-electron chi connectivity index (χ1n) is 9.28. The SMILES string of the molecule is CC1(C)COC(=O)O[C@H]1C(=O)NCCC(=O)NCCSC(=O)CC(=O)CCC(=O)O. The minimum Gasteiger partial charge on any atom is -0.481 e. The summed E-state index contributed by atoms with van der Waals surface area (Å²) in [6.45, 7) is 3.72. The Hall–Kier alpha value is -2.63. The second-order valence-corrected chi connectivity index (χ2v) is 8.40. The number of aliphatic carboxylic acids is 1. The summed E-state index contributed by atoms with van der Waals surface area (Å²) in [5, 5.41) is 13.2. The Kier molecular flexibility index (Phi) is 10.3. The van der Waals surface area contributed by atoms with E-state index in [0.717, 1.165) is 11.8 Å². The number of Topliss-reactive ketones (excluding diaryl/α,β-unsaturated/α-hetero) is 1. The number of thioether (sulfide) groups is 1. The maximum atomic E-state index is 12.2. The van der Waals surface area contributed by atoms with E-state index in [0.29, 0.717) is 0 Å². The molecule has 0 aromatic rings. The van der Waals surface area contributed by atoms with Crippen molar-refractivity contribution in [2.45, 2.75) is 45.6 Å². The van der Waals surface area contributed by atoms with E-state index < -0.39 is 35.3 Å². The molecule has 1 fully saturated rings. The van der Waals surface area contributed by atoms with Gasteiger partial charge >= 0.3 is 12.1 Å². The highest BCUT2D eigenvalue weighted by Gasteiger charge is 2.43.